The van der Waals surface area contributed by atoms with Crippen LogP contribution in [0.25, 0.3) is 0 Å². The maximum atomic E-state index is 13.1. The van der Waals surface area contributed by atoms with Crippen molar-refractivity contribution in [2.45, 2.75) is 426 Å². The van der Waals surface area contributed by atoms with Gasteiger partial charge >= 0.3 is 39.5 Å². The normalized spacial score (nSPS) is 14.2. The van der Waals surface area contributed by atoms with Crippen LogP contribution in [0, 0.1) is 11.8 Å². The highest BCUT2D eigenvalue weighted by Crippen LogP contribution is 2.45. The van der Waals surface area contributed by atoms with Crippen molar-refractivity contribution < 1.29 is 80.2 Å². The zero-order valence-corrected chi connectivity index (χ0v) is 65.2. The predicted molar refractivity (Wildman–Crippen MR) is 395 cm³/mol. The lowest BCUT2D eigenvalue weighted by atomic mass is 9.99. The van der Waals surface area contributed by atoms with E-state index in [2.05, 4.69) is 41.5 Å². The molecule has 0 saturated heterocycles. The number of phosphoric acid groups is 2. The van der Waals surface area contributed by atoms with Gasteiger partial charge in [0.2, 0.25) is 0 Å². The summed E-state index contributed by atoms with van der Waals surface area (Å²) in [5.74, 6) is -0.582. The molecule has 0 fully saturated rings. The second-order valence-corrected chi connectivity index (χ2v) is 31.7. The molecule has 0 amide bonds. The van der Waals surface area contributed by atoms with E-state index in [9.17, 15) is 43.2 Å². The van der Waals surface area contributed by atoms with Crippen LogP contribution in [0.1, 0.15) is 408 Å². The van der Waals surface area contributed by atoms with Gasteiger partial charge in [-0.3, -0.25) is 37.3 Å². The highest BCUT2D eigenvalue weighted by molar-refractivity contribution is 7.47. The molecule has 0 heterocycles. The van der Waals surface area contributed by atoms with Gasteiger partial charge in [0.15, 0.2) is 12.2 Å². The summed E-state index contributed by atoms with van der Waals surface area (Å²) in [7, 11) is -9.92. The molecule has 0 aromatic heterocycles. The molecule has 0 aliphatic carbocycles. The number of aliphatic hydroxyl groups excluding tert-OH is 1. The van der Waals surface area contributed by atoms with Crippen molar-refractivity contribution in [3.63, 3.8) is 0 Å². The number of hydrogen-bond donors (Lipinski definition) is 3. The molecule has 6 atom stereocenters. The highest BCUT2D eigenvalue weighted by Gasteiger charge is 2.30. The second kappa shape index (κ2) is 69.8. The van der Waals surface area contributed by atoms with Crippen LogP contribution in [0.5, 0.6) is 0 Å². The predicted octanol–water partition coefficient (Wildman–Crippen LogP) is 23.1. The first-order valence-electron chi connectivity index (χ1n) is 40.5. The van der Waals surface area contributed by atoms with E-state index in [-0.39, 0.29) is 25.7 Å². The number of carbonyl (C=O) groups excluding carboxylic acids is 4. The monoisotopic (exact) mass is 1420 g/mol. The van der Waals surface area contributed by atoms with E-state index in [1.54, 1.807) is 0 Å². The Labute approximate surface area is 594 Å². The first kappa shape index (κ1) is 95.1. The molecule has 3 N–H and O–H groups in total. The summed E-state index contributed by atoms with van der Waals surface area (Å²) in [5, 5.41) is 10.6. The third-order valence-corrected chi connectivity index (χ3v) is 20.5. The Hall–Kier alpha value is -1.94. The van der Waals surface area contributed by atoms with E-state index in [0.717, 1.165) is 102 Å². The van der Waals surface area contributed by atoms with Crippen LogP contribution in [0.3, 0.4) is 0 Å². The summed E-state index contributed by atoms with van der Waals surface area (Å²) in [6.45, 7) is 9.61. The molecule has 0 aliphatic rings. The maximum absolute atomic E-state index is 13.1. The van der Waals surface area contributed by atoms with Gasteiger partial charge in [0.1, 0.15) is 19.3 Å². The van der Waals surface area contributed by atoms with Crippen molar-refractivity contribution in [2.24, 2.45) is 11.8 Å². The molecular weight excluding hydrogens is 1270 g/mol. The Morgan fingerprint density at radius 3 is 0.784 bits per heavy atom. The van der Waals surface area contributed by atoms with Gasteiger partial charge in [-0.1, -0.05) is 356 Å². The molecule has 0 spiro atoms. The summed E-state index contributed by atoms with van der Waals surface area (Å²) in [6, 6.07) is 0. The number of hydrogen-bond acceptors (Lipinski definition) is 15. The van der Waals surface area contributed by atoms with Gasteiger partial charge in [0, 0.05) is 25.7 Å². The van der Waals surface area contributed by atoms with E-state index in [1.165, 1.54) is 225 Å². The Balaban J connectivity index is 5.27. The fraction of sp³-hybridized carbons (Fsp3) is 0.949. The minimum Gasteiger partial charge on any atom is -0.462 e. The smallest absolute Gasteiger partial charge is 0.462 e. The number of rotatable bonds is 77. The van der Waals surface area contributed by atoms with Crippen LogP contribution < -0.4 is 0 Å². The minimum atomic E-state index is -4.96. The largest absolute Gasteiger partial charge is 0.472 e. The van der Waals surface area contributed by atoms with Gasteiger partial charge in [-0.2, -0.15) is 0 Å². The Bertz CT molecular complexity index is 1870. The third-order valence-electron chi connectivity index (χ3n) is 18.6. The number of ether oxygens (including phenoxy) is 4. The fourth-order valence-corrected chi connectivity index (χ4v) is 13.6. The van der Waals surface area contributed by atoms with Crippen LogP contribution >= 0.6 is 15.6 Å². The van der Waals surface area contributed by atoms with Crippen molar-refractivity contribution >= 4 is 39.5 Å². The fourth-order valence-electron chi connectivity index (χ4n) is 12.0. The summed E-state index contributed by atoms with van der Waals surface area (Å²) in [4.78, 5) is 72.9. The number of phosphoric ester groups is 2. The standard InChI is InChI=1S/C78H152O17P2/c1-7-10-12-14-16-18-20-22-24-26-28-30-35-42-48-54-60-75(80)88-66-73(94-77(82)62-56-50-44-36-31-29-27-25-23-21-19-17-15-13-11-8-2)68-92-96(84,85)90-64-72(79)65-91-97(86,87)93-69-74(67-89-76(81)61-55-49-43-39-38-41-47-53-59-71(6)9-3)95-78(83)63-57-51-45-37-33-32-34-40-46-52-58-70(4)5/h70-74,79H,7-69H2,1-6H3,(H,84,85)(H,86,87)/t71?,72-,73-,74-/m1/s1. The Morgan fingerprint density at radius 2 is 0.526 bits per heavy atom. The van der Waals surface area contributed by atoms with Crippen LogP contribution in [0.2, 0.25) is 0 Å². The van der Waals surface area contributed by atoms with Gasteiger partial charge in [-0.15, -0.1) is 0 Å². The maximum Gasteiger partial charge on any atom is 0.472 e. The van der Waals surface area contributed by atoms with E-state index >= 15 is 0 Å². The van der Waals surface area contributed by atoms with Gasteiger partial charge in [0.25, 0.3) is 0 Å². The molecule has 0 bridgehead atoms. The summed E-state index contributed by atoms with van der Waals surface area (Å²) in [6.07, 6.45) is 58.1. The first-order valence-corrected chi connectivity index (χ1v) is 43.5. The zero-order chi connectivity index (χ0) is 71.4. The molecule has 17 nitrogen and oxygen atoms in total. The number of unbranched alkanes of at least 4 members (excludes halogenated alkanes) is 46. The number of aliphatic hydroxyl groups is 1. The highest BCUT2D eigenvalue weighted by atomic mass is 31.2. The lowest BCUT2D eigenvalue weighted by Gasteiger charge is -2.21. The van der Waals surface area contributed by atoms with Crippen molar-refractivity contribution in [2.75, 3.05) is 39.6 Å². The van der Waals surface area contributed by atoms with Gasteiger partial charge < -0.3 is 33.8 Å². The summed E-state index contributed by atoms with van der Waals surface area (Å²) < 4.78 is 68.6. The van der Waals surface area contributed by atoms with Gasteiger partial charge in [-0.25, -0.2) is 9.13 Å². The third kappa shape index (κ3) is 70.9. The van der Waals surface area contributed by atoms with E-state index in [4.69, 9.17) is 37.0 Å². The van der Waals surface area contributed by atoms with E-state index in [1.807, 2.05) is 0 Å². The lowest BCUT2D eigenvalue weighted by molar-refractivity contribution is -0.161. The van der Waals surface area contributed by atoms with Crippen molar-refractivity contribution in [3.05, 3.63) is 0 Å². The summed E-state index contributed by atoms with van der Waals surface area (Å²) in [5.41, 5.74) is 0. The summed E-state index contributed by atoms with van der Waals surface area (Å²) >= 11 is 0. The Morgan fingerprint density at radius 1 is 0.299 bits per heavy atom. The molecule has 0 saturated carbocycles. The lowest BCUT2D eigenvalue weighted by Crippen LogP contribution is -2.30. The topological polar surface area (TPSA) is 237 Å². The number of carbonyl (C=O) groups is 4. The molecule has 19 heteroatoms. The van der Waals surface area contributed by atoms with Crippen LogP contribution in [-0.2, 0) is 65.4 Å². The SMILES string of the molecule is CCCCCCCCCCCCCCCCCCC(=O)OC[C@H](COP(=O)(O)OC[C@@H](O)COP(=O)(O)OC[C@@H](COC(=O)CCCCCCCCCCC(C)CC)OC(=O)CCCCCCCCCCCCC(C)C)OC(=O)CCCCCCCCCCCCCCCCCC. The van der Waals surface area contributed by atoms with Crippen LogP contribution in [-0.4, -0.2) is 96.7 Å². The molecule has 0 radical (unpaired) electrons. The minimum absolute atomic E-state index is 0.106. The molecule has 576 valence electrons. The van der Waals surface area contributed by atoms with E-state index in [0.29, 0.717) is 25.7 Å². The molecule has 3 unspecified atom stereocenters. The average Bonchev–Trinajstić information content (AvgIpc) is 1.13. The van der Waals surface area contributed by atoms with Crippen LogP contribution in [0.15, 0.2) is 0 Å². The van der Waals surface area contributed by atoms with Crippen LogP contribution in [0.4, 0.5) is 0 Å². The molecule has 0 rings (SSSR count). The molecule has 0 aliphatic heterocycles. The quantitative estimate of drug-likeness (QED) is 0.0222. The second-order valence-electron chi connectivity index (χ2n) is 28.8. The first-order chi connectivity index (χ1) is 46.9. The number of esters is 4. The Kier molecular flexibility index (Phi) is 68.4. The van der Waals surface area contributed by atoms with Crippen molar-refractivity contribution in [3.8, 4) is 0 Å². The van der Waals surface area contributed by atoms with Gasteiger partial charge in [0.05, 0.1) is 26.4 Å². The van der Waals surface area contributed by atoms with Gasteiger partial charge in [-0.05, 0) is 37.5 Å². The van der Waals surface area contributed by atoms with Crippen molar-refractivity contribution in [1.29, 1.82) is 0 Å². The van der Waals surface area contributed by atoms with Crippen molar-refractivity contribution in [1.82, 2.24) is 0 Å². The molecule has 0 aromatic rings. The molecular formula is C78H152O17P2. The zero-order valence-electron chi connectivity index (χ0n) is 63.4. The average molecular weight is 1420 g/mol. The molecule has 0 aromatic carbocycles. The van der Waals surface area contributed by atoms with E-state index < -0.39 is 97.5 Å². The molecule has 97 heavy (non-hydrogen) atoms.